The van der Waals surface area contributed by atoms with Gasteiger partial charge in [0.15, 0.2) is 0 Å². The number of nitrogens with one attached hydrogen (secondary N) is 2. The van der Waals surface area contributed by atoms with Gasteiger partial charge in [-0.2, -0.15) is 0 Å². The monoisotopic (exact) mass is 256 g/mol. The second kappa shape index (κ2) is 6.61. The number of carbonyl (C=O) groups excluding carboxylic acids is 1. The van der Waals surface area contributed by atoms with E-state index in [1.165, 1.54) is 6.42 Å². The van der Waals surface area contributed by atoms with Gasteiger partial charge >= 0.3 is 12.0 Å². The van der Waals surface area contributed by atoms with Crippen molar-refractivity contribution in [2.45, 2.75) is 58.5 Å². The van der Waals surface area contributed by atoms with Crippen molar-refractivity contribution < 1.29 is 14.7 Å². The molecule has 4 atom stereocenters. The molecule has 0 aromatic rings. The predicted octanol–water partition coefficient (Wildman–Crippen LogP) is 1.97. The van der Waals surface area contributed by atoms with Crippen LogP contribution in [0.25, 0.3) is 0 Å². The van der Waals surface area contributed by atoms with Gasteiger partial charge in [0, 0.05) is 6.04 Å². The Kier molecular flexibility index (Phi) is 5.44. The van der Waals surface area contributed by atoms with Gasteiger partial charge in [-0.25, -0.2) is 9.59 Å². The van der Waals surface area contributed by atoms with Gasteiger partial charge in [0.25, 0.3) is 0 Å². The summed E-state index contributed by atoms with van der Waals surface area (Å²) in [6, 6.07) is -1.02. The minimum atomic E-state index is -0.988. The fourth-order valence-electron chi connectivity index (χ4n) is 2.49. The Bertz CT molecular complexity index is 307. The van der Waals surface area contributed by atoms with E-state index in [2.05, 4.69) is 24.5 Å². The Hall–Kier alpha value is -1.26. The number of rotatable bonds is 4. The summed E-state index contributed by atoms with van der Waals surface area (Å²) in [6.45, 7) is 6.08. The zero-order chi connectivity index (χ0) is 13.7. The van der Waals surface area contributed by atoms with E-state index in [1.807, 2.05) is 0 Å². The SMILES string of the molecule is CC[C@@H](NC(=O)NC1CCCC(C)C1C)C(=O)O. The molecule has 0 aliphatic heterocycles. The number of carboxylic acid groups (broad SMARTS) is 1. The standard InChI is InChI=1S/C13H24N2O3/c1-4-10(12(16)17)14-13(18)15-11-7-5-6-8(2)9(11)3/h8-11H,4-7H2,1-3H3,(H,16,17)(H2,14,15,18)/t8?,9?,10-,11?/m1/s1. The molecule has 18 heavy (non-hydrogen) atoms. The fourth-order valence-corrected chi connectivity index (χ4v) is 2.49. The third-order valence-electron chi connectivity index (χ3n) is 4.03. The highest BCUT2D eigenvalue weighted by molar-refractivity contribution is 5.82. The van der Waals surface area contributed by atoms with Crippen molar-refractivity contribution in [2.75, 3.05) is 0 Å². The van der Waals surface area contributed by atoms with E-state index in [0.717, 1.165) is 12.8 Å². The molecule has 0 heterocycles. The normalized spacial score (nSPS) is 29.4. The molecule has 0 bridgehead atoms. The molecule has 1 fully saturated rings. The minimum absolute atomic E-state index is 0.153. The summed E-state index contributed by atoms with van der Waals surface area (Å²) in [5.74, 6) is 0.0533. The van der Waals surface area contributed by atoms with Crippen molar-refractivity contribution in [2.24, 2.45) is 11.8 Å². The lowest BCUT2D eigenvalue weighted by Crippen LogP contribution is -2.51. The predicted molar refractivity (Wildman–Crippen MR) is 69.3 cm³/mol. The Morgan fingerprint density at radius 2 is 2.00 bits per heavy atom. The molecule has 0 saturated heterocycles. The minimum Gasteiger partial charge on any atom is -0.480 e. The largest absolute Gasteiger partial charge is 0.480 e. The summed E-state index contributed by atoms with van der Waals surface area (Å²) in [5.41, 5.74) is 0. The molecule has 0 radical (unpaired) electrons. The molecule has 1 rings (SSSR count). The number of urea groups is 1. The maximum Gasteiger partial charge on any atom is 0.326 e. The van der Waals surface area contributed by atoms with E-state index >= 15 is 0 Å². The Morgan fingerprint density at radius 1 is 1.33 bits per heavy atom. The molecule has 0 aromatic carbocycles. The summed E-state index contributed by atoms with van der Waals surface area (Å²) in [6.07, 6.45) is 3.68. The summed E-state index contributed by atoms with van der Waals surface area (Å²) >= 11 is 0. The second-order valence-corrected chi connectivity index (χ2v) is 5.29. The van der Waals surface area contributed by atoms with Crippen LogP contribution in [0, 0.1) is 11.8 Å². The van der Waals surface area contributed by atoms with Crippen molar-refractivity contribution in [3.05, 3.63) is 0 Å². The van der Waals surface area contributed by atoms with Crippen LogP contribution in [0.5, 0.6) is 0 Å². The number of aliphatic carboxylic acids is 1. The molecule has 3 N–H and O–H groups in total. The van der Waals surface area contributed by atoms with Gasteiger partial charge in [-0.3, -0.25) is 0 Å². The van der Waals surface area contributed by atoms with Crippen molar-refractivity contribution in [1.29, 1.82) is 0 Å². The molecular weight excluding hydrogens is 232 g/mol. The second-order valence-electron chi connectivity index (χ2n) is 5.29. The van der Waals surface area contributed by atoms with E-state index in [0.29, 0.717) is 18.3 Å². The van der Waals surface area contributed by atoms with Gasteiger partial charge in [0.05, 0.1) is 0 Å². The average Bonchev–Trinajstić information content (AvgIpc) is 2.31. The third kappa shape index (κ3) is 3.89. The third-order valence-corrected chi connectivity index (χ3v) is 4.03. The summed E-state index contributed by atoms with van der Waals surface area (Å²) in [5, 5.41) is 14.3. The lowest BCUT2D eigenvalue weighted by Gasteiger charge is -2.34. The first-order valence-corrected chi connectivity index (χ1v) is 6.75. The summed E-state index contributed by atoms with van der Waals surface area (Å²) in [7, 11) is 0. The van der Waals surface area contributed by atoms with Gasteiger partial charge in [-0.05, 0) is 24.7 Å². The highest BCUT2D eigenvalue weighted by atomic mass is 16.4. The van der Waals surface area contributed by atoms with Crippen molar-refractivity contribution in [3.8, 4) is 0 Å². The first kappa shape index (κ1) is 14.8. The maximum absolute atomic E-state index is 11.8. The first-order valence-electron chi connectivity index (χ1n) is 6.75. The van der Waals surface area contributed by atoms with Crippen LogP contribution in [-0.2, 0) is 4.79 Å². The Balaban J connectivity index is 2.46. The molecule has 1 aliphatic rings. The molecule has 1 aliphatic carbocycles. The average molecular weight is 256 g/mol. The molecule has 2 amide bonds. The van der Waals surface area contributed by atoms with E-state index in [4.69, 9.17) is 5.11 Å². The molecule has 5 heteroatoms. The van der Waals surface area contributed by atoms with E-state index in [-0.39, 0.29) is 12.1 Å². The lowest BCUT2D eigenvalue weighted by molar-refractivity contribution is -0.139. The highest BCUT2D eigenvalue weighted by Crippen LogP contribution is 2.29. The number of carbonyl (C=O) groups is 2. The number of hydrogen-bond donors (Lipinski definition) is 3. The fraction of sp³-hybridized carbons (Fsp3) is 0.846. The van der Waals surface area contributed by atoms with Gasteiger partial charge < -0.3 is 15.7 Å². The van der Waals surface area contributed by atoms with Crippen LogP contribution < -0.4 is 10.6 Å². The van der Waals surface area contributed by atoms with Gasteiger partial charge in [0.2, 0.25) is 0 Å². The molecular formula is C13H24N2O3. The van der Waals surface area contributed by atoms with Crippen LogP contribution in [0.1, 0.15) is 46.5 Å². The number of amides is 2. The van der Waals surface area contributed by atoms with Crippen molar-refractivity contribution in [3.63, 3.8) is 0 Å². The van der Waals surface area contributed by atoms with Gasteiger partial charge in [-0.15, -0.1) is 0 Å². The van der Waals surface area contributed by atoms with E-state index in [9.17, 15) is 9.59 Å². The quantitative estimate of drug-likeness (QED) is 0.719. The Labute approximate surface area is 108 Å². The van der Waals surface area contributed by atoms with Crippen molar-refractivity contribution in [1.82, 2.24) is 10.6 Å². The summed E-state index contributed by atoms with van der Waals surface area (Å²) in [4.78, 5) is 22.6. The molecule has 0 spiro atoms. The van der Waals surface area contributed by atoms with E-state index < -0.39 is 12.0 Å². The highest BCUT2D eigenvalue weighted by Gasteiger charge is 2.29. The molecule has 3 unspecified atom stereocenters. The molecule has 104 valence electrons. The first-order chi connectivity index (χ1) is 8.45. The van der Waals surface area contributed by atoms with Crippen LogP contribution in [0.3, 0.4) is 0 Å². The van der Waals surface area contributed by atoms with E-state index in [1.54, 1.807) is 6.92 Å². The molecule has 1 saturated carbocycles. The van der Waals surface area contributed by atoms with Gasteiger partial charge in [0.1, 0.15) is 6.04 Å². The van der Waals surface area contributed by atoms with Crippen LogP contribution >= 0.6 is 0 Å². The van der Waals surface area contributed by atoms with Crippen LogP contribution in [0.4, 0.5) is 4.79 Å². The zero-order valence-electron chi connectivity index (χ0n) is 11.4. The smallest absolute Gasteiger partial charge is 0.326 e. The number of carboxylic acids is 1. The van der Waals surface area contributed by atoms with Crippen molar-refractivity contribution >= 4 is 12.0 Å². The van der Waals surface area contributed by atoms with Gasteiger partial charge in [-0.1, -0.05) is 33.6 Å². The van der Waals surface area contributed by atoms with Crippen LogP contribution in [0.15, 0.2) is 0 Å². The molecule has 5 nitrogen and oxygen atoms in total. The maximum atomic E-state index is 11.8. The van der Waals surface area contributed by atoms with Crippen LogP contribution in [0.2, 0.25) is 0 Å². The summed E-state index contributed by atoms with van der Waals surface area (Å²) < 4.78 is 0. The number of hydrogen-bond acceptors (Lipinski definition) is 2. The van der Waals surface area contributed by atoms with Crippen LogP contribution in [-0.4, -0.2) is 29.2 Å². The topological polar surface area (TPSA) is 78.4 Å². The lowest BCUT2D eigenvalue weighted by atomic mass is 9.78. The zero-order valence-corrected chi connectivity index (χ0v) is 11.4. The Morgan fingerprint density at radius 3 is 2.56 bits per heavy atom. The molecule has 0 aromatic heterocycles.